The van der Waals surface area contributed by atoms with Gasteiger partial charge in [0.15, 0.2) is 12.8 Å². The molecule has 170 valence electrons. The molecule has 0 fully saturated rings. The van der Waals surface area contributed by atoms with Crippen molar-refractivity contribution in [3.8, 4) is 11.5 Å². The summed E-state index contributed by atoms with van der Waals surface area (Å²) in [5, 5.41) is 6.51. The summed E-state index contributed by atoms with van der Waals surface area (Å²) in [5.74, 6) is 0.753. The van der Waals surface area contributed by atoms with Gasteiger partial charge in [-0.15, -0.1) is 24.0 Å². The lowest BCUT2D eigenvalue weighted by Gasteiger charge is -2.21. The number of alkyl halides is 2. The van der Waals surface area contributed by atoms with Gasteiger partial charge >= 0.3 is 6.61 Å². The first-order chi connectivity index (χ1) is 14.5. The predicted octanol–water partition coefficient (Wildman–Crippen LogP) is 4.47. The molecule has 0 radical (unpaired) electrons. The van der Waals surface area contributed by atoms with Crippen molar-refractivity contribution < 1.29 is 27.4 Å². The Kier molecular flexibility index (Phi) is 9.97. The van der Waals surface area contributed by atoms with Crippen LogP contribution >= 0.6 is 35.6 Å². The lowest BCUT2D eigenvalue weighted by molar-refractivity contribution is -0.0504. The summed E-state index contributed by atoms with van der Waals surface area (Å²) in [4.78, 5) is 4.10. The van der Waals surface area contributed by atoms with Crippen molar-refractivity contribution in [2.75, 3.05) is 20.4 Å². The second-order valence-corrected chi connectivity index (χ2v) is 6.83. The average Bonchev–Trinajstić information content (AvgIpc) is 2.71. The number of hydrogen-bond acceptors (Lipinski definition) is 4. The van der Waals surface area contributed by atoms with Gasteiger partial charge in [0.25, 0.3) is 0 Å². The molecular weight excluding hydrogens is 550 g/mol. The Morgan fingerprint density at radius 2 is 2.03 bits per heavy atom. The Morgan fingerprint density at radius 3 is 2.77 bits per heavy atom. The highest BCUT2D eigenvalue weighted by atomic mass is 127. The van der Waals surface area contributed by atoms with Gasteiger partial charge in [0.2, 0.25) is 0 Å². The topological polar surface area (TPSA) is 64.1 Å². The van der Waals surface area contributed by atoms with Gasteiger partial charge in [0.05, 0.1) is 6.61 Å². The molecule has 0 amide bonds. The molecule has 2 aromatic rings. The summed E-state index contributed by atoms with van der Waals surface area (Å²) in [6, 6.07) is 7.23. The first kappa shape index (κ1) is 25.3. The van der Waals surface area contributed by atoms with E-state index in [1.165, 1.54) is 30.3 Å². The monoisotopic (exact) mass is 571 g/mol. The van der Waals surface area contributed by atoms with Crippen LogP contribution in [0.15, 0.2) is 35.3 Å². The van der Waals surface area contributed by atoms with E-state index in [0.717, 1.165) is 5.56 Å². The molecule has 0 spiro atoms. The van der Waals surface area contributed by atoms with Crippen LogP contribution in [-0.2, 0) is 24.3 Å². The van der Waals surface area contributed by atoms with Crippen LogP contribution in [0.5, 0.6) is 11.5 Å². The molecule has 1 aliphatic rings. The maximum atomic E-state index is 13.8. The second-order valence-electron chi connectivity index (χ2n) is 6.40. The highest BCUT2D eigenvalue weighted by Gasteiger charge is 2.17. The van der Waals surface area contributed by atoms with E-state index in [9.17, 15) is 13.2 Å². The number of halogens is 5. The summed E-state index contributed by atoms with van der Waals surface area (Å²) in [6.07, 6.45) is 0.484. The van der Waals surface area contributed by atoms with Crippen LogP contribution in [0.3, 0.4) is 0 Å². The Balaban J connectivity index is 0.00000341. The maximum absolute atomic E-state index is 13.8. The van der Waals surface area contributed by atoms with E-state index < -0.39 is 6.61 Å². The van der Waals surface area contributed by atoms with E-state index in [0.29, 0.717) is 47.4 Å². The minimum absolute atomic E-state index is 0. The summed E-state index contributed by atoms with van der Waals surface area (Å²) >= 11 is 5.96. The lowest BCUT2D eigenvalue weighted by Crippen LogP contribution is -2.38. The zero-order valence-electron chi connectivity index (χ0n) is 16.6. The molecular formula is C20H22ClF3IN3O3. The van der Waals surface area contributed by atoms with E-state index >= 15 is 0 Å². The van der Waals surface area contributed by atoms with Gasteiger partial charge in [-0.2, -0.15) is 8.78 Å². The summed E-state index contributed by atoms with van der Waals surface area (Å²) in [5.41, 5.74) is 1.85. The van der Waals surface area contributed by atoms with Crippen molar-refractivity contribution in [3.05, 3.63) is 57.9 Å². The number of nitrogens with zero attached hydrogens (tertiary/aromatic N) is 1. The number of hydrogen-bond donors (Lipinski definition) is 2. The number of benzene rings is 2. The number of aliphatic imine (C=N–C) groups is 1. The molecule has 0 bridgehead atoms. The molecule has 0 saturated carbocycles. The Bertz CT molecular complexity index is 919. The molecule has 0 aliphatic carbocycles. The van der Waals surface area contributed by atoms with Gasteiger partial charge < -0.3 is 24.8 Å². The molecule has 1 heterocycles. The molecule has 0 saturated heterocycles. The minimum atomic E-state index is -2.94. The van der Waals surface area contributed by atoms with Crippen LogP contribution in [0.1, 0.15) is 16.7 Å². The van der Waals surface area contributed by atoms with E-state index in [2.05, 4.69) is 20.4 Å². The van der Waals surface area contributed by atoms with Crippen LogP contribution in [0, 0.1) is 5.82 Å². The zero-order valence-corrected chi connectivity index (χ0v) is 19.7. The zero-order chi connectivity index (χ0) is 21.5. The normalized spacial score (nSPS) is 13.2. The molecule has 11 heteroatoms. The lowest BCUT2D eigenvalue weighted by atomic mass is 10.1. The molecule has 6 nitrogen and oxygen atoms in total. The fourth-order valence-electron chi connectivity index (χ4n) is 3.05. The van der Waals surface area contributed by atoms with E-state index in [1.807, 2.05) is 0 Å². The SMILES string of the molecule is CN=C(NCCc1cc(F)cc2c1OCOC2)NCc1cc(Cl)ccc1OC(F)F.I. The maximum Gasteiger partial charge on any atom is 0.387 e. The molecule has 0 atom stereocenters. The number of fused-ring (bicyclic) bond motifs is 1. The van der Waals surface area contributed by atoms with Crippen molar-refractivity contribution in [2.45, 2.75) is 26.2 Å². The van der Waals surface area contributed by atoms with E-state index in [-0.39, 0.29) is 48.9 Å². The predicted molar refractivity (Wildman–Crippen MR) is 122 cm³/mol. The van der Waals surface area contributed by atoms with Crippen molar-refractivity contribution in [2.24, 2.45) is 4.99 Å². The molecule has 1 aliphatic heterocycles. The van der Waals surface area contributed by atoms with Gasteiger partial charge in [-0.1, -0.05) is 11.6 Å². The van der Waals surface area contributed by atoms with Crippen LogP contribution < -0.4 is 20.1 Å². The number of nitrogens with one attached hydrogen (secondary N) is 2. The van der Waals surface area contributed by atoms with Gasteiger partial charge in [0.1, 0.15) is 17.3 Å². The van der Waals surface area contributed by atoms with Crippen molar-refractivity contribution in [3.63, 3.8) is 0 Å². The Hall–Kier alpha value is -1.92. The van der Waals surface area contributed by atoms with E-state index in [1.54, 1.807) is 7.05 Å². The van der Waals surface area contributed by atoms with Crippen molar-refractivity contribution in [1.82, 2.24) is 10.6 Å². The first-order valence-electron chi connectivity index (χ1n) is 9.16. The standard InChI is InChI=1S/C20H21ClF3N3O3.HI/c1-25-20(27-9-13-6-15(21)2-3-17(13)30-19(23)24)26-5-4-12-7-16(22)8-14-10-28-11-29-18(12)14;/h2-3,6-8,19H,4-5,9-11H2,1H3,(H2,25,26,27);1H. The van der Waals surface area contributed by atoms with Gasteiger partial charge in [-0.3, -0.25) is 4.99 Å². The van der Waals surface area contributed by atoms with E-state index in [4.69, 9.17) is 21.1 Å². The molecule has 2 aromatic carbocycles. The highest BCUT2D eigenvalue weighted by molar-refractivity contribution is 14.0. The Morgan fingerprint density at radius 1 is 1.23 bits per heavy atom. The van der Waals surface area contributed by atoms with Gasteiger partial charge in [0, 0.05) is 36.3 Å². The van der Waals surface area contributed by atoms with Crippen LogP contribution in [-0.4, -0.2) is 33.0 Å². The second kappa shape index (κ2) is 12.2. The Labute approximate surface area is 200 Å². The van der Waals surface area contributed by atoms with Gasteiger partial charge in [-0.05, 0) is 42.3 Å². The fourth-order valence-corrected chi connectivity index (χ4v) is 3.25. The summed E-state index contributed by atoms with van der Waals surface area (Å²) in [7, 11) is 1.58. The molecule has 0 unspecified atom stereocenters. The number of ether oxygens (including phenoxy) is 3. The quantitative estimate of drug-likeness (QED) is 0.292. The van der Waals surface area contributed by atoms with Crippen LogP contribution in [0.2, 0.25) is 5.02 Å². The largest absolute Gasteiger partial charge is 0.467 e. The average molecular weight is 572 g/mol. The van der Waals surface area contributed by atoms with Crippen LogP contribution in [0.25, 0.3) is 0 Å². The third kappa shape index (κ3) is 7.32. The minimum Gasteiger partial charge on any atom is -0.467 e. The third-order valence-electron chi connectivity index (χ3n) is 4.35. The van der Waals surface area contributed by atoms with Gasteiger partial charge in [-0.25, -0.2) is 4.39 Å². The number of guanidine groups is 1. The van der Waals surface area contributed by atoms with Crippen molar-refractivity contribution in [1.29, 1.82) is 0 Å². The summed E-state index contributed by atoms with van der Waals surface area (Å²) in [6.45, 7) is -1.90. The summed E-state index contributed by atoms with van der Waals surface area (Å²) < 4.78 is 54.2. The molecule has 3 rings (SSSR count). The molecule has 0 aromatic heterocycles. The first-order valence-corrected chi connectivity index (χ1v) is 9.53. The molecule has 31 heavy (non-hydrogen) atoms. The fraction of sp³-hybridized carbons (Fsp3) is 0.350. The molecule has 2 N–H and O–H groups in total. The number of rotatable bonds is 7. The van der Waals surface area contributed by atoms with Crippen molar-refractivity contribution >= 4 is 41.5 Å². The third-order valence-corrected chi connectivity index (χ3v) is 4.58. The highest BCUT2D eigenvalue weighted by Crippen LogP contribution is 2.29. The smallest absolute Gasteiger partial charge is 0.387 e. The van der Waals surface area contributed by atoms with Crippen LogP contribution in [0.4, 0.5) is 13.2 Å².